The molecule has 0 saturated carbocycles. The molecule has 0 bridgehead atoms. The fourth-order valence-electron chi connectivity index (χ4n) is 4.82. The van der Waals surface area contributed by atoms with Gasteiger partial charge in [-0.25, -0.2) is 14.6 Å². The highest BCUT2D eigenvalue weighted by molar-refractivity contribution is 5.88. The summed E-state index contributed by atoms with van der Waals surface area (Å²) in [6, 6.07) is 17.6. The van der Waals surface area contributed by atoms with Gasteiger partial charge >= 0.3 is 0 Å². The molecule has 1 saturated heterocycles. The molecule has 0 spiro atoms. The molecule has 0 aliphatic carbocycles. The first kappa shape index (κ1) is 24.8. The molecule has 9 nitrogen and oxygen atoms in total. The van der Waals surface area contributed by atoms with Crippen LogP contribution in [0.2, 0.25) is 0 Å². The lowest BCUT2D eigenvalue weighted by molar-refractivity contribution is 0.0846. The molecular formula is C30H30N6O3. The van der Waals surface area contributed by atoms with Crippen molar-refractivity contribution < 1.29 is 14.2 Å². The summed E-state index contributed by atoms with van der Waals surface area (Å²) in [6.45, 7) is 5.86. The van der Waals surface area contributed by atoms with Crippen LogP contribution in [-0.2, 0) is 11.3 Å². The molecule has 198 valence electrons. The number of nitrogens with two attached hydrogens (primary N) is 1. The fourth-order valence-corrected chi connectivity index (χ4v) is 4.82. The number of benzene rings is 2. The second-order valence-corrected chi connectivity index (χ2v) is 9.81. The minimum Gasteiger partial charge on any atom is -0.489 e. The van der Waals surface area contributed by atoms with Crippen LogP contribution in [-0.4, -0.2) is 37.9 Å². The van der Waals surface area contributed by atoms with E-state index in [0.29, 0.717) is 23.9 Å². The molecule has 2 N–H and O–H groups in total. The smallest absolute Gasteiger partial charge is 0.153 e. The Hall–Kier alpha value is -4.50. The highest BCUT2D eigenvalue weighted by atomic mass is 16.5. The van der Waals surface area contributed by atoms with Crippen LogP contribution in [0, 0.1) is 13.8 Å². The largest absolute Gasteiger partial charge is 0.489 e. The van der Waals surface area contributed by atoms with E-state index in [-0.39, 0.29) is 5.92 Å². The highest BCUT2D eigenvalue weighted by Gasteiger charge is 2.25. The summed E-state index contributed by atoms with van der Waals surface area (Å²) in [4.78, 5) is 13.1. The van der Waals surface area contributed by atoms with Gasteiger partial charge in [0.2, 0.25) is 0 Å². The maximum absolute atomic E-state index is 6.29. The van der Waals surface area contributed by atoms with E-state index in [1.807, 2.05) is 79.3 Å². The number of anilines is 1. The molecule has 0 amide bonds. The van der Waals surface area contributed by atoms with Gasteiger partial charge in [0.1, 0.15) is 41.2 Å². The van der Waals surface area contributed by atoms with E-state index >= 15 is 0 Å². The predicted octanol–water partition coefficient (Wildman–Crippen LogP) is 5.67. The normalized spacial score (nSPS) is 14.0. The first-order valence-electron chi connectivity index (χ1n) is 13.0. The number of rotatable bonds is 7. The molecule has 1 aliphatic heterocycles. The molecule has 0 atom stereocenters. The van der Waals surface area contributed by atoms with Gasteiger partial charge < -0.3 is 19.9 Å². The Morgan fingerprint density at radius 3 is 2.49 bits per heavy atom. The first-order chi connectivity index (χ1) is 19.0. The van der Waals surface area contributed by atoms with E-state index < -0.39 is 0 Å². The number of pyridine rings is 1. The molecule has 0 unspecified atom stereocenters. The number of aromatic nitrogens is 5. The van der Waals surface area contributed by atoms with Crippen LogP contribution in [0.1, 0.15) is 41.3 Å². The lowest BCUT2D eigenvalue weighted by atomic mass is 9.96. The standard InChI is InChI=1S/C30H30N6O3/c1-19-13-25(38-17-21-4-3-20(2)32-16-21)15-26(14-19)39-24-7-5-23(6-8-24)36-29-28(33-18-34-30(29)31)27(35-36)22-9-11-37-12-10-22/h3-8,13-16,18,22H,9-12,17H2,1-2H3,(H2,31,33,34). The topological polar surface area (TPSA) is 110 Å². The Morgan fingerprint density at radius 2 is 1.72 bits per heavy atom. The second-order valence-electron chi connectivity index (χ2n) is 9.81. The molecule has 6 rings (SSSR count). The minimum atomic E-state index is 0.277. The van der Waals surface area contributed by atoms with Crippen molar-refractivity contribution in [2.24, 2.45) is 0 Å². The van der Waals surface area contributed by atoms with E-state index in [2.05, 4.69) is 15.0 Å². The molecule has 4 heterocycles. The molecule has 3 aromatic heterocycles. The minimum absolute atomic E-state index is 0.277. The number of hydrogen-bond donors (Lipinski definition) is 1. The van der Waals surface area contributed by atoms with E-state index in [0.717, 1.165) is 71.0 Å². The molecule has 2 aromatic carbocycles. The highest BCUT2D eigenvalue weighted by Crippen LogP contribution is 2.34. The zero-order valence-corrected chi connectivity index (χ0v) is 22.0. The van der Waals surface area contributed by atoms with Crippen LogP contribution in [0.3, 0.4) is 0 Å². The summed E-state index contributed by atoms with van der Waals surface area (Å²) in [5.74, 6) is 2.81. The molecule has 1 fully saturated rings. The van der Waals surface area contributed by atoms with Gasteiger partial charge in [0.25, 0.3) is 0 Å². The van der Waals surface area contributed by atoms with Gasteiger partial charge in [0.15, 0.2) is 5.82 Å². The van der Waals surface area contributed by atoms with Crippen LogP contribution in [0.15, 0.2) is 67.1 Å². The molecule has 0 radical (unpaired) electrons. The molecule has 39 heavy (non-hydrogen) atoms. The average molecular weight is 523 g/mol. The zero-order valence-electron chi connectivity index (χ0n) is 22.0. The first-order valence-corrected chi connectivity index (χ1v) is 13.0. The van der Waals surface area contributed by atoms with Gasteiger partial charge in [-0.05, 0) is 74.7 Å². The fraction of sp³-hybridized carbons (Fsp3) is 0.267. The summed E-state index contributed by atoms with van der Waals surface area (Å²) in [7, 11) is 0. The average Bonchev–Trinajstić information content (AvgIpc) is 3.34. The van der Waals surface area contributed by atoms with Crippen molar-refractivity contribution >= 4 is 16.9 Å². The summed E-state index contributed by atoms with van der Waals surface area (Å²) in [5, 5.41) is 4.95. The van der Waals surface area contributed by atoms with Crippen LogP contribution >= 0.6 is 0 Å². The number of hydrogen-bond acceptors (Lipinski definition) is 8. The monoisotopic (exact) mass is 522 g/mol. The van der Waals surface area contributed by atoms with Crippen molar-refractivity contribution in [2.75, 3.05) is 18.9 Å². The number of nitrogens with zero attached hydrogens (tertiary/aromatic N) is 5. The van der Waals surface area contributed by atoms with Crippen molar-refractivity contribution in [2.45, 2.75) is 39.2 Å². The third-order valence-corrected chi connectivity index (χ3v) is 6.84. The van der Waals surface area contributed by atoms with Gasteiger partial charge in [0, 0.05) is 42.7 Å². The van der Waals surface area contributed by atoms with Crippen LogP contribution in [0.25, 0.3) is 16.7 Å². The molecule has 9 heteroatoms. The van der Waals surface area contributed by atoms with Gasteiger partial charge in [-0.3, -0.25) is 4.98 Å². The van der Waals surface area contributed by atoms with E-state index in [1.165, 1.54) is 6.33 Å². The van der Waals surface area contributed by atoms with Crippen molar-refractivity contribution in [1.29, 1.82) is 0 Å². The lowest BCUT2D eigenvalue weighted by Gasteiger charge is -2.20. The maximum atomic E-state index is 6.29. The third kappa shape index (κ3) is 5.39. The molecule has 1 aliphatic rings. The molecule has 5 aromatic rings. The third-order valence-electron chi connectivity index (χ3n) is 6.84. The Balaban J connectivity index is 1.22. The number of ether oxygens (including phenoxy) is 3. The van der Waals surface area contributed by atoms with Gasteiger partial charge in [0.05, 0.1) is 11.4 Å². The van der Waals surface area contributed by atoms with Crippen LogP contribution < -0.4 is 15.2 Å². The Morgan fingerprint density at radius 1 is 0.923 bits per heavy atom. The lowest BCUT2D eigenvalue weighted by Crippen LogP contribution is -2.15. The van der Waals surface area contributed by atoms with Crippen molar-refractivity contribution in [3.8, 4) is 22.9 Å². The van der Waals surface area contributed by atoms with Crippen molar-refractivity contribution in [3.63, 3.8) is 0 Å². The number of aryl methyl sites for hydroxylation is 2. The van der Waals surface area contributed by atoms with Gasteiger partial charge in [-0.2, -0.15) is 5.10 Å². The predicted molar refractivity (Wildman–Crippen MR) is 148 cm³/mol. The van der Waals surface area contributed by atoms with E-state index in [4.69, 9.17) is 25.0 Å². The zero-order chi connectivity index (χ0) is 26.8. The van der Waals surface area contributed by atoms with Crippen molar-refractivity contribution in [3.05, 3.63) is 89.6 Å². The quantitative estimate of drug-likeness (QED) is 0.291. The SMILES string of the molecule is Cc1cc(OCc2ccc(C)nc2)cc(Oc2ccc(-n3nc(C4CCOCC4)c4ncnc(N)c43)cc2)c1. The second kappa shape index (κ2) is 10.7. The van der Waals surface area contributed by atoms with Crippen LogP contribution in [0.4, 0.5) is 5.82 Å². The summed E-state index contributed by atoms with van der Waals surface area (Å²) in [5.41, 5.74) is 12.6. The molecular weight excluding hydrogens is 492 g/mol. The van der Waals surface area contributed by atoms with E-state index in [9.17, 15) is 0 Å². The van der Waals surface area contributed by atoms with Crippen molar-refractivity contribution in [1.82, 2.24) is 24.7 Å². The summed E-state index contributed by atoms with van der Waals surface area (Å²) < 4.78 is 19.6. The Bertz CT molecular complexity index is 1590. The van der Waals surface area contributed by atoms with Gasteiger partial charge in [-0.15, -0.1) is 0 Å². The summed E-state index contributed by atoms with van der Waals surface area (Å²) >= 11 is 0. The summed E-state index contributed by atoms with van der Waals surface area (Å²) in [6.07, 6.45) is 5.15. The Kier molecular flexibility index (Phi) is 6.81. The maximum Gasteiger partial charge on any atom is 0.153 e. The van der Waals surface area contributed by atoms with Gasteiger partial charge in [-0.1, -0.05) is 6.07 Å². The number of nitrogen functional groups attached to an aromatic ring is 1. The van der Waals surface area contributed by atoms with E-state index in [1.54, 1.807) is 0 Å². The Labute approximate surface area is 226 Å². The van der Waals surface area contributed by atoms with Crippen LogP contribution in [0.5, 0.6) is 17.2 Å². The number of fused-ring (bicyclic) bond motifs is 1.